The number of ether oxygens (including phenoxy) is 2. The molecule has 6 heteroatoms. The van der Waals surface area contributed by atoms with Gasteiger partial charge in [0.05, 0.1) is 26.9 Å². The van der Waals surface area contributed by atoms with Gasteiger partial charge in [-0.2, -0.15) is 0 Å². The summed E-state index contributed by atoms with van der Waals surface area (Å²) in [6.07, 6.45) is 7.78. The lowest BCUT2D eigenvalue weighted by molar-refractivity contribution is -0.142. The summed E-state index contributed by atoms with van der Waals surface area (Å²) in [5.74, 6) is -0.151. The van der Waals surface area contributed by atoms with Crippen molar-refractivity contribution in [2.45, 2.75) is 51.6 Å². The van der Waals surface area contributed by atoms with E-state index in [9.17, 15) is 4.79 Å². The molecule has 0 saturated carbocycles. The van der Waals surface area contributed by atoms with Crippen LogP contribution in [-0.2, 0) is 14.3 Å². The van der Waals surface area contributed by atoms with Crippen molar-refractivity contribution in [3.05, 3.63) is 41.7 Å². The first-order valence-corrected chi connectivity index (χ1v) is 9.46. The van der Waals surface area contributed by atoms with Crippen LogP contribution in [0.2, 0.25) is 0 Å². The van der Waals surface area contributed by atoms with Gasteiger partial charge in [-0.25, -0.2) is 4.79 Å². The van der Waals surface area contributed by atoms with E-state index in [1.807, 2.05) is 30.3 Å². The Morgan fingerprint density at radius 1 is 1.04 bits per heavy atom. The monoisotopic (exact) mass is 382 g/mol. The van der Waals surface area contributed by atoms with Crippen LogP contribution in [0.4, 0.5) is 0 Å². The van der Waals surface area contributed by atoms with Crippen LogP contribution in [-0.4, -0.2) is 54.3 Å². The molecule has 1 rings (SSSR count). The van der Waals surface area contributed by atoms with Crippen molar-refractivity contribution in [1.82, 2.24) is 0 Å². The predicted molar refractivity (Wildman–Crippen MR) is 106 cm³/mol. The van der Waals surface area contributed by atoms with Gasteiger partial charge in [-0.05, 0) is 18.1 Å². The van der Waals surface area contributed by atoms with E-state index in [1.54, 1.807) is 6.08 Å². The summed E-state index contributed by atoms with van der Waals surface area (Å²) >= 11 is 0. The first-order chi connectivity index (χ1) is 13.1. The number of aliphatic hydroxyl groups is 3. The van der Waals surface area contributed by atoms with Gasteiger partial charge >= 0.3 is 5.97 Å². The Hall–Kier alpha value is -1.89. The number of hydrogen-bond acceptors (Lipinski definition) is 6. The Kier molecular flexibility index (Phi) is 16.3. The number of rotatable bonds is 12. The Balaban J connectivity index is 0.000000972. The molecule has 0 unspecified atom stereocenters. The number of esters is 1. The van der Waals surface area contributed by atoms with E-state index in [0.29, 0.717) is 6.61 Å². The first kappa shape index (κ1) is 25.1. The molecule has 0 radical (unpaired) electrons. The first-order valence-electron chi connectivity index (χ1n) is 9.46. The molecule has 1 aromatic carbocycles. The fraction of sp³-hybridized carbons (Fsp3) is 0.571. The van der Waals surface area contributed by atoms with Gasteiger partial charge in [-0.15, -0.1) is 0 Å². The largest absolute Gasteiger partial charge is 0.490 e. The highest BCUT2D eigenvalue weighted by Gasteiger charge is 2.11. The molecule has 0 aromatic heterocycles. The minimum atomic E-state index is -0.954. The second kappa shape index (κ2) is 17.5. The van der Waals surface area contributed by atoms with E-state index in [4.69, 9.17) is 24.8 Å². The maximum atomic E-state index is 11.9. The van der Waals surface area contributed by atoms with Crippen LogP contribution >= 0.6 is 0 Å². The van der Waals surface area contributed by atoms with Gasteiger partial charge in [-0.1, -0.05) is 69.4 Å². The minimum Gasteiger partial charge on any atom is -0.490 e. The van der Waals surface area contributed by atoms with E-state index in [1.165, 1.54) is 32.8 Å². The molecule has 1 aromatic rings. The Morgan fingerprint density at radius 2 is 1.63 bits per heavy atom. The van der Waals surface area contributed by atoms with Crippen molar-refractivity contribution in [2.75, 3.05) is 26.9 Å². The molecular formula is C21H34O6. The molecular weight excluding hydrogens is 348 g/mol. The number of carbonyl (C=O) groups is 1. The zero-order chi connectivity index (χ0) is 20.3. The highest BCUT2D eigenvalue weighted by Crippen LogP contribution is 2.10. The summed E-state index contributed by atoms with van der Waals surface area (Å²) in [7, 11) is 1.49. The zero-order valence-corrected chi connectivity index (χ0v) is 16.5. The van der Waals surface area contributed by atoms with Gasteiger partial charge in [0.1, 0.15) is 6.10 Å². The topological polar surface area (TPSA) is 96.2 Å². The molecule has 0 amide bonds. The third-order valence-electron chi connectivity index (χ3n) is 3.67. The van der Waals surface area contributed by atoms with Crippen LogP contribution < -0.4 is 0 Å². The molecule has 0 saturated heterocycles. The number of carbonyl (C=O) groups excluding carboxylic acids is 1. The number of benzene rings is 1. The van der Waals surface area contributed by atoms with E-state index >= 15 is 0 Å². The lowest BCUT2D eigenvalue weighted by atomic mass is 10.1. The van der Waals surface area contributed by atoms with Gasteiger partial charge in [0.2, 0.25) is 5.76 Å². The zero-order valence-electron chi connectivity index (χ0n) is 16.5. The second-order valence-electron chi connectivity index (χ2n) is 6.05. The second-order valence-corrected chi connectivity index (χ2v) is 6.05. The average molecular weight is 382 g/mol. The SMILES string of the molecule is CCCCCCCCOC(=O)C(=Cc1ccccc1)OC.OCC(O)CO. The molecule has 3 N–H and O–H groups in total. The molecule has 0 fully saturated rings. The normalized spacial score (nSPS) is 11.0. The summed E-state index contributed by atoms with van der Waals surface area (Å²) in [5, 5.41) is 24.0. The van der Waals surface area contributed by atoms with Crippen LogP contribution in [0.15, 0.2) is 36.1 Å². The molecule has 154 valence electrons. The van der Waals surface area contributed by atoms with Crippen LogP contribution in [0, 0.1) is 0 Å². The van der Waals surface area contributed by atoms with E-state index < -0.39 is 12.1 Å². The van der Waals surface area contributed by atoms with Crippen molar-refractivity contribution < 1.29 is 29.6 Å². The quantitative estimate of drug-likeness (QED) is 0.223. The highest BCUT2D eigenvalue weighted by molar-refractivity contribution is 5.91. The third-order valence-corrected chi connectivity index (χ3v) is 3.67. The molecule has 0 aliphatic heterocycles. The van der Waals surface area contributed by atoms with Crippen LogP contribution in [0.1, 0.15) is 51.0 Å². The molecule has 27 heavy (non-hydrogen) atoms. The maximum absolute atomic E-state index is 11.9. The summed E-state index contributed by atoms with van der Waals surface area (Å²) < 4.78 is 10.4. The van der Waals surface area contributed by atoms with Crippen molar-refractivity contribution >= 4 is 12.0 Å². The fourth-order valence-corrected chi connectivity index (χ4v) is 2.08. The maximum Gasteiger partial charge on any atom is 0.373 e. The van der Waals surface area contributed by atoms with Gasteiger partial charge in [0.25, 0.3) is 0 Å². The standard InChI is InChI=1S/C18H26O3.C3H8O3/c1-3-4-5-6-7-11-14-21-18(19)17(20-2)15-16-12-9-8-10-13-16;4-1-3(6)2-5/h8-10,12-13,15H,3-7,11,14H2,1-2H3;3-6H,1-2H2. The highest BCUT2D eigenvalue weighted by atomic mass is 16.6. The van der Waals surface area contributed by atoms with Crippen LogP contribution in [0.25, 0.3) is 6.08 Å². The summed E-state index contributed by atoms with van der Waals surface area (Å²) in [6, 6.07) is 9.60. The number of hydrogen-bond donors (Lipinski definition) is 3. The van der Waals surface area contributed by atoms with Crippen molar-refractivity contribution in [3.8, 4) is 0 Å². The number of methoxy groups -OCH3 is 1. The molecule has 0 atom stereocenters. The molecule has 0 heterocycles. The Bertz CT molecular complexity index is 497. The minimum absolute atomic E-state index is 0.243. The van der Waals surface area contributed by atoms with Crippen molar-refractivity contribution in [2.24, 2.45) is 0 Å². The number of unbranched alkanes of at least 4 members (excludes halogenated alkanes) is 5. The molecule has 0 aliphatic carbocycles. The number of aliphatic hydroxyl groups excluding tert-OH is 3. The summed E-state index contributed by atoms with van der Waals surface area (Å²) in [5.41, 5.74) is 0.922. The Labute approximate surface area is 162 Å². The fourth-order valence-electron chi connectivity index (χ4n) is 2.08. The summed E-state index contributed by atoms with van der Waals surface area (Å²) in [4.78, 5) is 11.9. The molecule has 0 spiro atoms. The summed E-state index contributed by atoms with van der Waals surface area (Å²) in [6.45, 7) is 1.93. The van der Waals surface area contributed by atoms with Crippen LogP contribution in [0.5, 0.6) is 0 Å². The molecule has 0 aliphatic rings. The van der Waals surface area contributed by atoms with Crippen molar-refractivity contribution in [3.63, 3.8) is 0 Å². The molecule has 6 nitrogen and oxygen atoms in total. The van der Waals surface area contributed by atoms with Crippen LogP contribution in [0.3, 0.4) is 0 Å². The van der Waals surface area contributed by atoms with E-state index in [-0.39, 0.29) is 19.0 Å². The smallest absolute Gasteiger partial charge is 0.373 e. The van der Waals surface area contributed by atoms with Gasteiger partial charge in [0, 0.05) is 0 Å². The van der Waals surface area contributed by atoms with Gasteiger partial charge in [-0.3, -0.25) is 0 Å². The molecule has 0 bridgehead atoms. The average Bonchev–Trinajstić information content (AvgIpc) is 2.71. The lowest BCUT2D eigenvalue weighted by Gasteiger charge is -2.07. The van der Waals surface area contributed by atoms with E-state index in [0.717, 1.165) is 18.4 Å². The predicted octanol–water partition coefficient (Wildman–Crippen LogP) is 2.91. The van der Waals surface area contributed by atoms with Gasteiger partial charge in [0.15, 0.2) is 0 Å². The lowest BCUT2D eigenvalue weighted by Crippen LogP contribution is -2.15. The third kappa shape index (κ3) is 13.9. The van der Waals surface area contributed by atoms with E-state index in [2.05, 4.69) is 6.92 Å². The van der Waals surface area contributed by atoms with Crippen molar-refractivity contribution in [1.29, 1.82) is 0 Å². The Morgan fingerprint density at radius 3 is 2.15 bits per heavy atom. The van der Waals surface area contributed by atoms with Gasteiger partial charge < -0.3 is 24.8 Å².